The minimum Gasteiger partial charge on any atom is -0.480 e. The van der Waals surface area contributed by atoms with Gasteiger partial charge in [0.15, 0.2) is 6.10 Å². The molecule has 4 N–H and O–H groups in total. The number of allylic oxidation sites excluding steroid dienone is 2. The van der Waals surface area contributed by atoms with Crippen molar-refractivity contribution in [3.63, 3.8) is 0 Å². The lowest BCUT2D eigenvalue weighted by molar-refractivity contribution is -0.161. The van der Waals surface area contributed by atoms with Gasteiger partial charge in [-0.1, -0.05) is 129 Å². The van der Waals surface area contributed by atoms with Gasteiger partial charge in [0.1, 0.15) is 12.6 Å². The molecule has 282 valence electrons. The smallest absolute Gasteiger partial charge is 0.472 e. The summed E-state index contributed by atoms with van der Waals surface area (Å²) >= 11 is 0. The van der Waals surface area contributed by atoms with Gasteiger partial charge >= 0.3 is 25.7 Å². The highest BCUT2D eigenvalue weighted by atomic mass is 31.2. The van der Waals surface area contributed by atoms with E-state index in [1.807, 2.05) is 6.92 Å². The number of carbonyl (C=O) groups is 3. The number of carboxylic acid groups (broad SMARTS) is 1. The van der Waals surface area contributed by atoms with Gasteiger partial charge in [-0.05, 0) is 38.5 Å². The molecule has 3 atom stereocenters. The average Bonchev–Trinajstić information content (AvgIpc) is 3.05. The summed E-state index contributed by atoms with van der Waals surface area (Å²) in [7, 11) is -4.69. The molecule has 11 nitrogen and oxygen atoms in total. The molecule has 0 aliphatic heterocycles. The number of rotatable bonds is 35. The zero-order valence-electron chi connectivity index (χ0n) is 30.1. The summed E-state index contributed by atoms with van der Waals surface area (Å²) in [5.74, 6) is -2.41. The van der Waals surface area contributed by atoms with E-state index < -0.39 is 51.1 Å². The van der Waals surface area contributed by atoms with Gasteiger partial charge in [0.05, 0.1) is 13.2 Å². The number of hydrogen-bond acceptors (Lipinski definition) is 9. The fraction of sp³-hybridized carbons (Fsp3) is 0.861. The maximum atomic E-state index is 12.5. The zero-order chi connectivity index (χ0) is 35.7. The Labute approximate surface area is 290 Å². The number of carboxylic acids is 1. The Morgan fingerprint density at radius 1 is 0.625 bits per heavy atom. The Balaban J connectivity index is 4.09. The van der Waals surface area contributed by atoms with E-state index in [1.165, 1.54) is 96.3 Å². The fourth-order valence-corrected chi connectivity index (χ4v) is 5.78. The molecule has 0 saturated heterocycles. The number of phosphoric ester groups is 1. The van der Waals surface area contributed by atoms with Crippen LogP contribution in [0.4, 0.5) is 0 Å². The van der Waals surface area contributed by atoms with Crippen molar-refractivity contribution in [1.82, 2.24) is 0 Å². The van der Waals surface area contributed by atoms with Gasteiger partial charge in [-0.2, -0.15) is 0 Å². The molecule has 0 saturated carbocycles. The quantitative estimate of drug-likeness (QED) is 0.0249. The highest BCUT2D eigenvalue weighted by Crippen LogP contribution is 2.43. The predicted octanol–water partition coefficient (Wildman–Crippen LogP) is 8.95. The number of esters is 2. The Morgan fingerprint density at radius 2 is 1.04 bits per heavy atom. The molecule has 0 amide bonds. The van der Waals surface area contributed by atoms with Crippen molar-refractivity contribution in [1.29, 1.82) is 0 Å². The number of hydrogen-bond donors (Lipinski definition) is 3. The third-order valence-electron chi connectivity index (χ3n) is 8.01. The standard InChI is InChI=1S/C36H68NO10P/c1-3-5-7-8-9-10-11-12-13-14-15-16-17-18-19-20-21-22-23-24-26-28-35(39)47-32(29-44-34(38)27-25-6-4-2)30-45-48(42,43)46-31-33(37)36(40)41/h14-15,32-33H,3-13,16-31,37H2,1-2H3,(H,40,41)(H,42,43)/b15-14-. The molecule has 0 bridgehead atoms. The van der Waals surface area contributed by atoms with E-state index in [9.17, 15) is 23.8 Å². The summed E-state index contributed by atoms with van der Waals surface area (Å²) < 4.78 is 32.2. The first-order valence-corrected chi connectivity index (χ1v) is 20.2. The summed E-state index contributed by atoms with van der Waals surface area (Å²) in [4.78, 5) is 45.1. The highest BCUT2D eigenvalue weighted by molar-refractivity contribution is 7.47. The van der Waals surface area contributed by atoms with Gasteiger partial charge in [-0.15, -0.1) is 0 Å². The van der Waals surface area contributed by atoms with Gasteiger partial charge < -0.3 is 25.2 Å². The van der Waals surface area contributed by atoms with Gasteiger partial charge in [0.2, 0.25) is 0 Å². The van der Waals surface area contributed by atoms with Crippen molar-refractivity contribution in [2.75, 3.05) is 19.8 Å². The van der Waals surface area contributed by atoms with Crippen LogP contribution in [-0.2, 0) is 37.5 Å². The summed E-state index contributed by atoms with van der Waals surface area (Å²) in [6.45, 7) is 2.59. The maximum absolute atomic E-state index is 12.5. The number of aliphatic carboxylic acids is 1. The maximum Gasteiger partial charge on any atom is 0.472 e. The largest absolute Gasteiger partial charge is 0.480 e. The number of ether oxygens (including phenoxy) is 2. The lowest BCUT2D eigenvalue weighted by Gasteiger charge is -2.20. The molecule has 0 fully saturated rings. The monoisotopic (exact) mass is 705 g/mol. The molecule has 0 aliphatic rings. The Hall–Kier alpha value is -1.78. The lowest BCUT2D eigenvalue weighted by Crippen LogP contribution is -2.34. The van der Waals surface area contributed by atoms with Crippen LogP contribution >= 0.6 is 7.82 Å². The van der Waals surface area contributed by atoms with Crippen LogP contribution in [0.3, 0.4) is 0 Å². The molecule has 0 heterocycles. The molecule has 0 spiro atoms. The van der Waals surface area contributed by atoms with E-state index in [-0.39, 0.29) is 19.4 Å². The van der Waals surface area contributed by atoms with Crippen LogP contribution < -0.4 is 5.73 Å². The summed E-state index contributed by atoms with van der Waals surface area (Å²) in [6.07, 6.45) is 29.6. The second-order valence-corrected chi connectivity index (χ2v) is 14.2. The van der Waals surface area contributed by atoms with Crippen molar-refractivity contribution in [3.05, 3.63) is 12.2 Å². The number of carbonyl (C=O) groups excluding carboxylic acids is 2. The molecular formula is C36H68NO10P. The van der Waals surface area contributed by atoms with Gasteiger partial charge in [0.25, 0.3) is 0 Å². The minimum atomic E-state index is -4.69. The topological polar surface area (TPSA) is 172 Å². The fourth-order valence-electron chi connectivity index (χ4n) is 5.00. The summed E-state index contributed by atoms with van der Waals surface area (Å²) in [5.41, 5.74) is 5.28. The van der Waals surface area contributed by atoms with Gasteiger partial charge in [0, 0.05) is 12.8 Å². The first kappa shape index (κ1) is 46.2. The SMILES string of the molecule is CCCCCCCCCC/C=C\CCCCCCCCCCCC(=O)OC(COC(=O)CCCCC)COP(=O)(O)OCC(N)C(=O)O. The van der Waals surface area contributed by atoms with Crippen LogP contribution in [0.15, 0.2) is 12.2 Å². The van der Waals surface area contributed by atoms with Crippen molar-refractivity contribution in [2.45, 2.75) is 180 Å². The van der Waals surface area contributed by atoms with E-state index in [1.54, 1.807) is 0 Å². The second-order valence-electron chi connectivity index (χ2n) is 12.7. The first-order chi connectivity index (χ1) is 23.1. The molecule has 0 aromatic heterocycles. The van der Waals surface area contributed by atoms with Crippen LogP contribution in [0.25, 0.3) is 0 Å². The third-order valence-corrected chi connectivity index (χ3v) is 8.96. The first-order valence-electron chi connectivity index (χ1n) is 18.7. The van der Waals surface area contributed by atoms with Crippen LogP contribution in [0.2, 0.25) is 0 Å². The van der Waals surface area contributed by atoms with E-state index in [0.29, 0.717) is 12.8 Å². The average molecular weight is 706 g/mol. The highest BCUT2D eigenvalue weighted by Gasteiger charge is 2.28. The van der Waals surface area contributed by atoms with E-state index >= 15 is 0 Å². The Morgan fingerprint density at radius 3 is 1.56 bits per heavy atom. The molecule has 3 unspecified atom stereocenters. The van der Waals surface area contributed by atoms with E-state index in [2.05, 4.69) is 23.6 Å². The predicted molar refractivity (Wildman–Crippen MR) is 189 cm³/mol. The van der Waals surface area contributed by atoms with Crippen molar-refractivity contribution < 1.29 is 47.5 Å². The normalized spacial score (nSPS) is 14.1. The van der Waals surface area contributed by atoms with E-state index in [4.69, 9.17) is 24.8 Å². The zero-order valence-corrected chi connectivity index (χ0v) is 31.0. The molecule has 48 heavy (non-hydrogen) atoms. The summed E-state index contributed by atoms with van der Waals surface area (Å²) in [6, 6.07) is -1.52. The number of nitrogens with two attached hydrogens (primary N) is 1. The molecule has 0 aromatic rings. The Bertz CT molecular complexity index is 885. The van der Waals surface area contributed by atoms with Crippen molar-refractivity contribution in [3.8, 4) is 0 Å². The second kappa shape index (κ2) is 32.4. The summed E-state index contributed by atoms with van der Waals surface area (Å²) in [5, 5.41) is 8.80. The molecular weight excluding hydrogens is 637 g/mol. The number of unbranched alkanes of at least 4 members (excludes halogenated alkanes) is 19. The van der Waals surface area contributed by atoms with Crippen LogP contribution in [0.1, 0.15) is 168 Å². The Kier molecular flexibility index (Phi) is 31.2. The molecule has 0 aliphatic carbocycles. The minimum absolute atomic E-state index is 0.161. The molecule has 12 heteroatoms. The number of phosphoric acid groups is 1. The molecule has 0 rings (SSSR count). The lowest BCUT2D eigenvalue weighted by atomic mass is 10.1. The van der Waals surface area contributed by atoms with Crippen molar-refractivity contribution >= 4 is 25.7 Å². The molecule has 0 aromatic carbocycles. The van der Waals surface area contributed by atoms with Crippen LogP contribution in [0, 0.1) is 0 Å². The van der Waals surface area contributed by atoms with Gasteiger partial charge in [-0.3, -0.25) is 23.4 Å². The van der Waals surface area contributed by atoms with Crippen LogP contribution in [-0.4, -0.2) is 59.9 Å². The third kappa shape index (κ3) is 31.5. The molecule has 0 radical (unpaired) electrons. The van der Waals surface area contributed by atoms with Crippen molar-refractivity contribution in [2.24, 2.45) is 5.73 Å². The van der Waals surface area contributed by atoms with Gasteiger partial charge in [-0.25, -0.2) is 4.57 Å². The van der Waals surface area contributed by atoms with Crippen LogP contribution in [0.5, 0.6) is 0 Å². The van der Waals surface area contributed by atoms with E-state index in [0.717, 1.165) is 32.1 Å².